The fourth-order valence-electron chi connectivity index (χ4n) is 9.20. The van der Waals surface area contributed by atoms with Gasteiger partial charge in [-0.15, -0.1) is 0 Å². The summed E-state index contributed by atoms with van der Waals surface area (Å²) in [7, 11) is 0. The molecule has 0 bridgehead atoms. The van der Waals surface area contributed by atoms with E-state index in [1.807, 2.05) is 0 Å². The monoisotopic (exact) mass is 432 g/mol. The number of aliphatic hydroxyl groups excluding tert-OH is 2. The maximum atomic E-state index is 11.6. The molecular formula is C28H48O3. The van der Waals surface area contributed by atoms with Crippen LogP contribution < -0.4 is 0 Å². The summed E-state index contributed by atoms with van der Waals surface area (Å²) in [5.74, 6) is 3.77. The first-order chi connectivity index (χ1) is 14.4. The molecule has 4 saturated carbocycles. The van der Waals surface area contributed by atoms with Gasteiger partial charge in [0.15, 0.2) is 0 Å². The molecule has 11 unspecified atom stereocenters. The Morgan fingerprint density at radius 1 is 1.00 bits per heavy atom. The summed E-state index contributed by atoms with van der Waals surface area (Å²) in [6.07, 6.45) is 9.05. The molecule has 31 heavy (non-hydrogen) atoms. The molecule has 0 aliphatic heterocycles. The van der Waals surface area contributed by atoms with Gasteiger partial charge in [0.25, 0.3) is 0 Å². The molecular weight excluding hydrogens is 384 g/mol. The highest BCUT2D eigenvalue weighted by atomic mass is 16.3. The van der Waals surface area contributed by atoms with Crippen molar-refractivity contribution in [3.8, 4) is 0 Å². The van der Waals surface area contributed by atoms with Crippen molar-refractivity contribution in [1.82, 2.24) is 0 Å². The topological polar surface area (TPSA) is 60.7 Å². The summed E-state index contributed by atoms with van der Waals surface area (Å²) in [4.78, 5) is 0. The first-order valence-corrected chi connectivity index (χ1v) is 13.2. The van der Waals surface area contributed by atoms with Gasteiger partial charge in [0, 0.05) is 11.8 Å². The maximum absolute atomic E-state index is 11.6. The molecule has 0 aromatic heterocycles. The van der Waals surface area contributed by atoms with Gasteiger partial charge in [-0.1, -0.05) is 39.8 Å². The Labute approximate surface area is 190 Å². The van der Waals surface area contributed by atoms with Gasteiger partial charge in [-0.3, -0.25) is 0 Å². The van der Waals surface area contributed by atoms with Crippen molar-refractivity contribution in [2.45, 2.75) is 117 Å². The van der Waals surface area contributed by atoms with Gasteiger partial charge in [-0.25, -0.2) is 0 Å². The van der Waals surface area contributed by atoms with E-state index < -0.39 is 17.8 Å². The molecule has 3 nitrogen and oxygen atoms in total. The fraction of sp³-hybridized carbons (Fsp3) is 0.929. The molecule has 178 valence electrons. The number of aliphatic hydroxyl groups is 3. The Morgan fingerprint density at radius 3 is 2.39 bits per heavy atom. The van der Waals surface area contributed by atoms with E-state index in [-0.39, 0.29) is 5.41 Å². The number of allylic oxidation sites excluding steroid dienone is 1. The van der Waals surface area contributed by atoms with Crippen LogP contribution in [0.5, 0.6) is 0 Å². The fourth-order valence-corrected chi connectivity index (χ4v) is 9.20. The predicted molar refractivity (Wildman–Crippen MR) is 126 cm³/mol. The van der Waals surface area contributed by atoms with Gasteiger partial charge < -0.3 is 15.3 Å². The van der Waals surface area contributed by atoms with Gasteiger partial charge in [-0.2, -0.15) is 0 Å². The molecule has 4 aliphatic rings. The Balaban J connectivity index is 1.53. The van der Waals surface area contributed by atoms with Crippen LogP contribution in [0.15, 0.2) is 12.2 Å². The third-order valence-electron chi connectivity index (χ3n) is 11.5. The highest BCUT2D eigenvalue weighted by molar-refractivity contribution is 5.17. The minimum Gasteiger partial charge on any atom is -0.393 e. The van der Waals surface area contributed by atoms with Crippen LogP contribution in [0.1, 0.15) is 98.8 Å². The number of rotatable bonds is 5. The minimum atomic E-state index is -1.12. The third kappa shape index (κ3) is 3.56. The molecule has 4 aliphatic carbocycles. The van der Waals surface area contributed by atoms with Gasteiger partial charge in [0.2, 0.25) is 0 Å². The van der Waals surface area contributed by atoms with Crippen molar-refractivity contribution >= 4 is 0 Å². The molecule has 0 radical (unpaired) electrons. The normalized spacial score (nSPS) is 51.4. The molecule has 4 rings (SSSR count). The number of hydrogen-bond acceptors (Lipinski definition) is 3. The second kappa shape index (κ2) is 8.13. The summed E-state index contributed by atoms with van der Waals surface area (Å²) < 4.78 is 0. The van der Waals surface area contributed by atoms with Gasteiger partial charge in [0.05, 0.1) is 17.8 Å². The summed E-state index contributed by atoms with van der Waals surface area (Å²) in [6, 6.07) is 0. The minimum absolute atomic E-state index is 0.267. The first kappa shape index (κ1) is 23.8. The molecule has 11 atom stereocenters. The van der Waals surface area contributed by atoms with E-state index in [1.165, 1.54) is 44.1 Å². The molecule has 0 aromatic carbocycles. The van der Waals surface area contributed by atoms with Crippen molar-refractivity contribution in [3.63, 3.8) is 0 Å². The van der Waals surface area contributed by atoms with Crippen LogP contribution in [-0.2, 0) is 0 Å². The Bertz CT molecular complexity index is 690. The van der Waals surface area contributed by atoms with Gasteiger partial charge in [0.1, 0.15) is 0 Å². The van der Waals surface area contributed by atoms with Crippen molar-refractivity contribution in [2.24, 2.45) is 46.3 Å². The lowest BCUT2D eigenvalue weighted by Gasteiger charge is -2.65. The SMILES string of the molecule is C=C(C)C(C)CCC(C)C1CCC2C3CC(O)C4(O)CC(O)CCC4(C)C3CCC12C. The second-order valence-corrected chi connectivity index (χ2v) is 12.9. The largest absolute Gasteiger partial charge is 0.393 e. The summed E-state index contributed by atoms with van der Waals surface area (Å²) >= 11 is 0. The van der Waals surface area contributed by atoms with Crippen LogP contribution in [0, 0.1) is 46.3 Å². The van der Waals surface area contributed by atoms with E-state index >= 15 is 0 Å². The molecule has 3 heteroatoms. The zero-order valence-corrected chi connectivity index (χ0v) is 20.7. The molecule has 0 spiro atoms. The average molecular weight is 433 g/mol. The molecule has 0 heterocycles. The molecule has 0 saturated heterocycles. The molecule has 3 N–H and O–H groups in total. The van der Waals surface area contributed by atoms with E-state index in [0.717, 1.165) is 31.1 Å². The van der Waals surface area contributed by atoms with Crippen LogP contribution in [0.4, 0.5) is 0 Å². The molecule has 0 aromatic rings. The van der Waals surface area contributed by atoms with E-state index in [0.29, 0.717) is 35.5 Å². The highest BCUT2D eigenvalue weighted by Gasteiger charge is 2.67. The van der Waals surface area contributed by atoms with Crippen molar-refractivity contribution in [2.75, 3.05) is 0 Å². The quantitative estimate of drug-likeness (QED) is 0.487. The number of hydrogen-bond donors (Lipinski definition) is 3. The predicted octanol–water partition coefficient (Wildman–Crippen LogP) is 5.72. The Morgan fingerprint density at radius 2 is 1.71 bits per heavy atom. The van der Waals surface area contributed by atoms with E-state index in [4.69, 9.17) is 0 Å². The lowest BCUT2D eigenvalue weighted by molar-refractivity contribution is -0.264. The highest BCUT2D eigenvalue weighted by Crippen LogP contribution is 2.69. The van der Waals surface area contributed by atoms with Gasteiger partial charge >= 0.3 is 0 Å². The smallest absolute Gasteiger partial charge is 0.0985 e. The van der Waals surface area contributed by atoms with Crippen LogP contribution in [0.3, 0.4) is 0 Å². The third-order valence-corrected chi connectivity index (χ3v) is 11.5. The van der Waals surface area contributed by atoms with Crippen LogP contribution >= 0.6 is 0 Å². The van der Waals surface area contributed by atoms with Crippen LogP contribution in [-0.4, -0.2) is 33.1 Å². The van der Waals surface area contributed by atoms with E-state index in [1.54, 1.807) is 0 Å². The first-order valence-electron chi connectivity index (χ1n) is 13.2. The van der Waals surface area contributed by atoms with Gasteiger partial charge in [-0.05, 0) is 106 Å². The van der Waals surface area contributed by atoms with E-state index in [9.17, 15) is 15.3 Å². The molecule has 0 amide bonds. The lowest BCUT2D eigenvalue weighted by Crippen LogP contribution is -2.68. The van der Waals surface area contributed by atoms with Crippen molar-refractivity contribution in [1.29, 1.82) is 0 Å². The zero-order chi connectivity index (χ0) is 22.8. The molecule has 4 fully saturated rings. The second-order valence-electron chi connectivity index (χ2n) is 12.9. The maximum Gasteiger partial charge on any atom is 0.0985 e. The Kier molecular flexibility index (Phi) is 6.24. The lowest BCUT2D eigenvalue weighted by atomic mass is 9.42. The van der Waals surface area contributed by atoms with E-state index in [2.05, 4.69) is 41.2 Å². The van der Waals surface area contributed by atoms with Crippen LogP contribution in [0.2, 0.25) is 0 Å². The Hall–Kier alpha value is -0.380. The number of fused-ring (bicyclic) bond motifs is 5. The summed E-state index contributed by atoms with van der Waals surface area (Å²) in [5.41, 5.74) is 0.282. The summed E-state index contributed by atoms with van der Waals surface area (Å²) in [6.45, 7) is 15.9. The average Bonchev–Trinajstić information content (AvgIpc) is 3.05. The summed E-state index contributed by atoms with van der Waals surface area (Å²) in [5, 5.41) is 33.1. The zero-order valence-electron chi connectivity index (χ0n) is 20.7. The van der Waals surface area contributed by atoms with Crippen molar-refractivity contribution < 1.29 is 15.3 Å². The standard InChI is InChI=1S/C28H48O3/c1-17(2)18(3)7-8-19(4)22-9-10-23-21-15-25(30)28(31)16-20(29)11-14-27(28,6)24(21)12-13-26(22,23)5/h18-25,29-31H,1,7-16H2,2-6H3. The van der Waals surface area contributed by atoms with Crippen LogP contribution in [0.25, 0.3) is 0 Å². The van der Waals surface area contributed by atoms with Crippen molar-refractivity contribution in [3.05, 3.63) is 12.2 Å².